The Hall–Kier alpha value is -0.900. The van der Waals surface area contributed by atoms with Gasteiger partial charge in [0, 0.05) is 34.0 Å². The Morgan fingerprint density at radius 2 is 2.08 bits per heavy atom. The number of hydrogen-bond acceptors (Lipinski definition) is 3. The maximum atomic E-state index is 6.22. The summed E-state index contributed by atoms with van der Waals surface area (Å²) in [7, 11) is 0. The van der Waals surface area contributed by atoms with Crippen molar-refractivity contribution in [1.82, 2.24) is 4.90 Å². The average molecular weight is 379 g/mol. The second-order valence-electron chi connectivity index (χ2n) is 6.80. The summed E-state index contributed by atoms with van der Waals surface area (Å²) in [5.41, 5.74) is 2.80. The molecule has 126 valence electrons. The molecule has 1 saturated heterocycles. The van der Waals surface area contributed by atoms with Crippen molar-refractivity contribution < 1.29 is 0 Å². The van der Waals surface area contributed by atoms with Crippen molar-refractivity contribution in [3.63, 3.8) is 0 Å². The lowest BCUT2D eigenvalue weighted by atomic mass is 9.87. The van der Waals surface area contributed by atoms with Crippen LogP contribution in [0.3, 0.4) is 0 Å². The van der Waals surface area contributed by atoms with Crippen LogP contribution in [0.25, 0.3) is 0 Å². The van der Waals surface area contributed by atoms with Gasteiger partial charge in [0.1, 0.15) is 0 Å². The van der Waals surface area contributed by atoms with E-state index in [4.69, 9.17) is 28.2 Å². The number of nitrogens with zero attached hydrogens (tertiary/aromatic N) is 2. The van der Waals surface area contributed by atoms with Crippen molar-refractivity contribution in [2.45, 2.75) is 37.6 Å². The summed E-state index contributed by atoms with van der Waals surface area (Å²) in [6.07, 6.45) is 6.67. The van der Waals surface area contributed by atoms with Crippen LogP contribution in [0.2, 0.25) is 10.0 Å². The largest absolute Gasteiger partial charge is 0.367 e. The van der Waals surface area contributed by atoms with Crippen LogP contribution in [0.4, 0.5) is 0 Å². The zero-order valence-corrected chi connectivity index (χ0v) is 16.1. The number of hydrogen-bond donors (Lipinski definition) is 0. The second kappa shape index (κ2) is 6.44. The molecule has 1 aromatic carbocycles. The second-order valence-corrected chi connectivity index (χ2v) is 8.73. The van der Waals surface area contributed by atoms with Crippen LogP contribution >= 0.6 is 35.0 Å². The third kappa shape index (κ3) is 2.71. The fourth-order valence-corrected chi connectivity index (χ4v) is 5.58. The molecule has 2 nitrogen and oxygen atoms in total. The summed E-state index contributed by atoms with van der Waals surface area (Å²) >= 11 is 14.1. The van der Waals surface area contributed by atoms with Crippen LogP contribution in [0.15, 0.2) is 51.0 Å². The minimum absolute atomic E-state index is 0.379. The van der Waals surface area contributed by atoms with Gasteiger partial charge in [0.05, 0.1) is 22.0 Å². The summed E-state index contributed by atoms with van der Waals surface area (Å²) in [6.45, 7) is 5.63. The van der Waals surface area contributed by atoms with E-state index in [0.717, 1.165) is 17.9 Å². The highest BCUT2D eigenvalue weighted by atomic mass is 35.5. The maximum Gasteiger partial charge on any atom is 0.0615 e. The molecule has 4 rings (SSSR count). The normalized spacial score (nSPS) is 25.4. The molecule has 3 aliphatic heterocycles. The van der Waals surface area contributed by atoms with Gasteiger partial charge >= 0.3 is 0 Å². The Balaban J connectivity index is 1.73. The highest BCUT2D eigenvalue weighted by molar-refractivity contribution is 8.03. The van der Waals surface area contributed by atoms with E-state index in [0.29, 0.717) is 27.9 Å². The molecule has 3 heterocycles. The molecule has 3 aliphatic rings. The Kier molecular flexibility index (Phi) is 4.44. The highest BCUT2D eigenvalue weighted by Gasteiger charge is 2.45. The lowest BCUT2D eigenvalue weighted by molar-refractivity contribution is 0.336. The summed E-state index contributed by atoms with van der Waals surface area (Å²) < 4.78 is 0. The van der Waals surface area contributed by atoms with Crippen LogP contribution in [-0.2, 0) is 0 Å². The van der Waals surface area contributed by atoms with Crippen molar-refractivity contribution in [3.05, 3.63) is 51.1 Å². The first kappa shape index (κ1) is 16.6. The fraction of sp³-hybridized carbons (Fsp3) is 0.421. The van der Waals surface area contributed by atoms with Crippen LogP contribution in [-0.4, -0.2) is 23.2 Å². The van der Waals surface area contributed by atoms with E-state index in [9.17, 15) is 0 Å². The summed E-state index contributed by atoms with van der Waals surface area (Å²) in [5, 5.41) is 1.22. The zero-order valence-electron chi connectivity index (χ0n) is 13.8. The van der Waals surface area contributed by atoms with Crippen LogP contribution in [0.1, 0.15) is 26.7 Å². The maximum absolute atomic E-state index is 6.22. The number of benzene rings is 1. The standard InChI is InChI=1S/C19H20Cl2N2S/c1-11(2)18-17-15(7-8-22-18)23-9-3-4-16(23)19(17)24-12-5-6-13(20)14(21)10-12/h5-8,10-11,15,17H,3-4,9H2,1-2H3. The molecule has 1 aromatic rings. The number of allylic oxidation sites excluding steroid dienone is 1. The molecule has 0 bridgehead atoms. The van der Waals surface area contributed by atoms with Gasteiger partial charge in [0.15, 0.2) is 0 Å². The van der Waals surface area contributed by atoms with E-state index in [1.165, 1.54) is 22.7 Å². The third-order valence-corrected chi connectivity index (χ3v) is 6.90. The molecule has 0 spiro atoms. The number of thioether (sulfide) groups is 1. The van der Waals surface area contributed by atoms with E-state index in [1.54, 1.807) is 0 Å². The molecule has 2 unspecified atom stereocenters. The lowest BCUT2D eigenvalue weighted by Gasteiger charge is -2.31. The van der Waals surface area contributed by atoms with Gasteiger partial charge in [-0.25, -0.2) is 0 Å². The number of fused-ring (bicyclic) bond motifs is 3. The highest BCUT2D eigenvalue weighted by Crippen LogP contribution is 2.50. The predicted molar refractivity (Wildman–Crippen MR) is 104 cm³/mol. The van der Waals surface area contributed by atoms with E-state index >= 15 is 0 Å². The Morgan fingerprint density at radius 1 is 1.25 bits per heavy atom. The van der Waals surface area contributed by atoms with E-state index in [-0.39, 0.29) is 0 Å². The molecule has 5 heteroatoms. The first-order chi connectivity index (χ1) is 11.6. The molecular weight excluding hydrogens is 359 g/mol. The molecule has 0 saturated carbocycles. The molecule has 0 radical (unpaired) electrons. The first-order valence-corrected chi connectivity index (χ1v) is 10.0. The molecule has 24 heavy (non-hydrogen) atoms. The summed E-state index contributed by atoms with van der Waals surface area (Å²) in [6, 6.07) is 6.35. The lowest BCUT2D eigenvalue weighted by Crippen LogP contribution is -2.37. The minimum atomic E-state index is 0.379. The molecule has 1 fully saturated rings. The minimum Gasteiger partial charge on any atom is -0.367 e. The van der Waals surface area contributed by atoms with E-state index in [1.807, 2.05) is 30.1 Å². The van der Waals surface area contributed by atoms with Gasteiger partial charge in [-0.1, -0.05) is 48.8 Å². The molecule has 0 N–H and O–H groups in total. The van der Waals surface area contributed by atoms with Gasteiger partial charge in [-0.15, -0.1) is 0 Å². The Labute approximate surface area is 157 Å². The van der Waals surface area contributed by atoms with Gasteiger partial charge < -0.3 is 4.90 Å². The van der Waals surface area contributed by atoms with E-state index in [2.05, 4.69) is 30.9 Å². The number of rotatable bonds is 3. The van der Waals surface area contributed by atoms with Gasteiger partial charge in [-0.2, -0.15) is 0 Å². The molecule has 0 amide bonds. The Bertz CT molecular complexity index is 767. The SMILES string of the molecule is CC(C)C1=NC=CC2C1C(Sc1ccc(Cl)c(Cl)c1)=C1CCCN12. The van der Waals surface area contributed by atoms with Gasteiger partial charge in [-0.3, -0.25) is 4.99 Å². The van der Waals surface area contributed by atoms with Crippen molar-refractivity contribution >= 4 is 40.7 Å². The summed E-state index contributed by atoms with van der Waals surface area (Å²) in [4.78, 5) is 9.92. The molecular formula is C19H20Cl2N2S. The monoisotopic (exact) mass is 378 g/mol. The van der Waals surface area contributed by atoms with Crippen molar-refractivity contribution in [1.29, 1.82) is 0 Å². The van der Waals surface area contributed by atoms with Gasteiger partial charge in [0.2, 0.25) is 0 Å². The van der Waals surface area contributed by atoms with Crippen LogP contribution in [0.5, 0.6) is 0 Å². The molecule has 2 atom stereocenters. The fourth-order valence-electron chi connectivity index (χ4n) is 3.92. The van der Waals surface area contributed by atoms with Gasteiger partial charge in [0.25, 0.3) is 0 Å². The molecule has 0 aromatic heterocycles. The predicted octanol–water partition coefficient (Wildman–Crippen LogP) is 6.02. The van der Waals surface area contributed by atoms with Crippen LogP contribution < -0.4 is 0 Å². The van der Waals surface area contributed by atoms with Crippen molar-refractivity contribution in [2.75, 3.05) is 6.54 Å². The van der Waals surface area contributed by atoms with Crippen molar-refractivity contribution in [3.8, 4) is 0 Å². The van der Waals surface area contributed by atoms with E-state index < -0.39 is 0 Å². The van der Waals surface area contributed by atoms with Crippen molar-refractivity contribution in [2.24, 2.45) is 16.8 Å². The zero-order chi connectivity index (χ0) is 16.8. The third-order valence-electron chi connectivity index (χ3n) is 4.96. The topological polar surface area (TPSA) is 15.6 Å². The molecule has 0 aliphatic carbocycles. The quantitative estimate of drug-likeness (QED) is 0.639. The smallest absolute Gasteiger partial charge is 0.0615 e. The Morgan fingerprint density at radius 3 is 2.83 bits per heavy atom. The van der Waals surface area contributed by atoms with Crippen LogP contribution in [0, 0.1) is 11.8 Å². The van der Waals surface area contributed by atoms with Gasteiger partial charge in [-0.05, 0) is 43.0 Å². The first-order valence-electron chi connectivity index (χ1n) is 8.43. The average Bonchev–Trinajstić information content (AvgIpc) is 3.13. The number of halogens is 2. The summed E-state index contributed by atoms with van der Waals surface area (Å²) in [5.74, 6) is 0.831. The number of aliphatic imine (C=N–C) groups is 1.